The number of benzene rings is 2. The first-order valence-corrected chi connectivity index (χ1v) is 9.04. The molecule has 0 aliphatic carbocycles. The molecule has 6 nitrogen and oxygen atoms in total. The van der Waals surface area contributed by atoms with Crippen LogP contribution in [0.3, 0.4) is 0 Å². The molecule has 0 fully saturated rings. The number of aromatic nitrogens is 3. The third-order valence-corrected chi connectivity index (χ3v) is 4.45. The van der Waals surface area contributed by atoms with Gasteiger partial charge in [0.2, 0.25) is 5.91 Å². The van der Waals surface area contributed by atoms with Crippen LogP contribution >= 0.6 is 0 Å². The Morgan fingerprint density at radius 2 is 2.00 bits per heavy atom. The van der Waals surface area contributed by atoms with E-state index < -0.39 is 0 Å². The molecule has 0 aliphatic heterocycles. The lowest BCUT2D eigenvalue weighted by atomic mass is 10.2. The molecule has 1 amide bonds. The van der Waals surface area contributed by atoms with Crippen LogP contribution in [0.25, 0.3) is 22.4 Å². The second kappa shape index (κ2) is 7.64. The monoisotopic (exact) mass is 378 g/mol. The van der Waals surface area contributed by atoms with Crippen LogP contribution in [0.2, 0.25) is 0 Å². The van der Waals surface area contributed by atoms with Crippen LogP contribution in [0.5, 0.6) is 0 Å². The van der Waals surface area contributed by atoms with Crippen LogP contribution in [0.1, 0.15) is 31.1 Å². The van der Waals surface area contributed by atoms with Crippen LogP contribution in [-0.2, 0) is 11.2 Å². The van der Waals surface area contributed by atoms with E-state index in [-0.39, 0.29) is 24.2 Å². The number of rotatable bonds is 6. The van der Waals surface area contributed by atoms with Crippen molar-refractivity contribution in [3.05, 3.63) is 72.3 Å². The van der Waals surface area contributed by atoms with E-state index in [0.717, 1.165) is 11.0 Å². The lowest BCUT2D eigenvalue weighted by Gasteiger charge is -2.10. The number of oxazole rings is 1. The summed E-state index contributed by atoms with van der Waals surface area (Å²) in [6.07, 6.45) is 2.01. The summed E-state index contributed by atoms with van der Waals surface area (Å²) in [4.78, 5) is 24.1. The van der Waals surface area contributed by atoms with E-state index in [2.05, 4.69) is 20.3 Å². The number of amides is 1. The number of imidazole rings is 1. The predicted molar refractivity (Wildman–Crippen MR) is 103 cm³/mol. The zero-order chi connectivity index (χ0) is 19.5. The predicted octanol–water partition coefficient (Wildman–Crippen LogP) is 4.17. The second-order valence-corrected chi connectivity index (χ2v) is 6.53. The van der Waals surface area contributed by atoms with Gasteiger partial charge in [-0.2, -0.15) is 0 Å². The lowest BCUT2D eigenvalue weighted by molar-refractivity contribution is -0.121. The fourth-order valence-electron chi connectivity index (χ4n) is 2.99. The summed E-state index contributed by atoms with van der Waals surface area (Å²) in [5.41, 5.74) is 2.14. The summed E-state index contributed by atoms with van der Waals surface area (Å²) in [5.74, 6) is 0.933. The molecule has 2 aromatic carbocycles. The van der Waals surface area contributed by atoms with Crippen molar-refractivity contribution < 1.29 is 13.6 Å². The average Bonchev–Trinajstić information content (AvgIpc) is 3.34. The van der Waals surface area contributed by atoms with Gasteiger partial charge in [0.1, 0.15) is 11.6 Å². The molecule has 2 N–H and O–H groups in total. The van der Waals surface area contributed by atoms with Crippen LogP contribution in [0, 0.1) is 5.82 Å². The molecule has 4 rings (SSSR count). The number of para-hydroxylation sites is 2. The first-order valence-electron chi connectivity index (χ1n) is 9.04. The number of nitrogens with one attached hydrogen (secondary N) is 2. The van der Waals surface area contributed by atoms with Crippen molar-refractivity contribution in [1.29, 1.82) is 0 Å². The Morgan fingerprint density at radius 3 is 2.82 bits per heavy atom. The highest BCUT2D eigenvalue weighted by atomic mass is 19.1. The molecule has 0 radical (unpaired) electrons. The first kappa shape index (κ1) is 17.9. The second-order valence-electron chi connectivity index (χ2n) is 6.53. The van der Waals surface area contributed by atoms with E-state index in [1.807, 2.05) is 31.2 Å². The molecule has 7 heteroatoms. The molecule has 0 aliphatic rings. The van der Waals surface area contributed by atoms with Crippen molar-refractivity contribution in [3.63, 3.8) is 0 Å². The molecule has 0 saturated heterocycles. The largest absolute Gasteiger partial charge is 0.441 e. The number of carbonyl (C=O) groups excluding carboxylic acids is 1. The Kier molecular flexibility index (Phi) is 4.89. The summed E-state index contributed by atoms with van der Waals surface area (Å²) in [7, 11) is 0. The number of aromatic amines is 1. The van der Waals surface area contributed by atoms with Gasteiger partial charge in [0, 0.05) is 12.8 Å². The van der Waals surface area contributed by atoms with Crippen LogP contribution in [0.4, 0.5) is 4.39 Å². The van der Waals surface area contributed by atoms with Gasteiger partial charge in [-0.25, -0.2) is 14.4 Å². The van der Waals surface area contributed by atoms with Crippen LogP contribution in [-0.4, -0.2) is 20.9 Å². The zero-order valence-corrected chi connectivity index (χ0v) is 15.3. The minimum atomic E-state index is -0.373. The Balaban J connectivity index is 1.35. The summed E-state index contributed by atoms with van der Waals surface area (Å²) in [6.45, 7) is 1.87. The van der Waals surface area contributed by atoms with Crippen molar-refractivity contribution >= 4 is 16.9 Å². The van der Waals surface area contributed by atoms with E-state index in [1.54, 1.807) is 18.2 Å². The molecule has 0 spiro atoms. The number of fused-ring (bicyclic) bond motifs is 1. The van der Waals surface area contributed by atoms with E-state index in [4.69, 9.17) is 4.42 Å². The van der Waals surface area contributed by atoms with Crippen molar-refractivity contribution in [2.75, 3.05) is 0 Å². The topological polar surface area (TPSA) is 83.8 Å². The first-order chi connectivity index (χ1) is 13.6. The molecule has 1 atom stereocenters. The molecule has 0 saturated carbocycles. The lowest BCUT2D eigenvalue weighted by Crippen LogP contribution is -2.27. The van der Waals surface area contributed by atoms with Crippen molar-refractivity contribution in [1.82, 2.24) is 20.3 Å². The Morgan fingerprint density at radius 1 is 1.21 bits per heavy atom. The summed E-state index contributed by atoms with van der Waals surface area (Å²) in [6, 6.07) is 13.8. The summed E-state index contributed by atoms with van der Waals surface area (Å²) >= 11 is 0. The smallest absolute Gasteiger partial charge is 0.221 e. The Bertz CT molecular complexity index is 1090. The molecule has 2 aromatic heterocycles. The van der Waals surface area contributed by atoms with Crippen LogP contribution < -0.4 is 5.32 Å². The van der Waals surface area contributed by atoms with E-state index in [0.29, 0.717) is 29.5 Å². The normalized spacial score (nSPS) is 12.2. The minimum absolute atomic E-state index is 0.140. The molecular formula is C21H19FN4O2. The van der Waals surface area contributed by atoms with Gasteiger partial charge in [0.15, 0.2) is 11.7 Å². The average molecular weight is 378 g/mol. The molecule has 28 heavy (non-hydrogen) atoms. The standard InChI is InChI=1S/C21H19FN4O2/c1-13(21-25-16-8-4-5-9-17(16)26-21)24-19(27)10-11-20-23-12-18(28-20)14-6-2-3-7-15(14)22/h2-9,12-13H,10-11H2,1H3,(H,24,27)(H,25,26). The number of H-pyrrole nitrogens is 1. The van der Waals surface area contributed by atoms with Gasteiger partial charge >= 0.3 is 0 Å². The maximum Gasteiger partial charge on any atom is 0.221 e. The van der Waals surface area contributed by atoms with Gasteiger partial charge in [-0.3, -0.25) is 4.79 Å². The summed E-state index contributed by atoms with van der Waals surface area (Å²) < 4.78 is 19.4. The highest BCUT2D eigenvalue weighted by Gasteiger charge is 2.15. The van der Waals surface area contributed by atoms with Crippen molar-refractivity contribution in [2.45, 2.75) is 25.8 Å². The SMILES string of the molecule is CC(NC(=O)CCc1ncc(-c2ccccc2F)o1)c1nc2ccccc2[nH]1. The number of hydrogen-bond donors (Lipinski definition) is 2. The van der Waals surface area contributed by atoms with E-state index in [9.17, 15) is 9.18 Å². The van der Waals surface area contributed by atoms with Crippen LogP contribution in [0.15, 0.2) is 59.1 Å². The molecule has 2 heterocycles. The number of carbonyl (C=O) groups is 1. The third-order valence-electron chi connectivity index (χ3n) is 4.45. The van der Waals surface area contributed by atoms with Gasteiger partial charge in [-0.05, 0) is 31.2 Å². The van der Waals surface area contributed by atoms with E-state index in [1.165, 1.54) is 12.3 Å². The van der Waals surface area contributed by atoms with Gasteiger partial charge < -0.3 is 14.7 Å². The fourth-order valence-corrected chi connectivity index (χ4v) is 2.99. The highest BCUT2D eigenvalue weighted by Crippen LogP contribution is 2.23. The third kappa shape index (κ3) is 3.78. The molecule has 4 aromatic rings. The number of halogens is 1. The minimum Gasteiger partial charge on any atom is -0.441 e. The quantitative estimate of drug-likeness (QED) is 0.527. The maximum atomic E-state index is 13.8. The number of hydrogen-bond acceptors (Lipinski definition) is 4. The van der Waals surface area contributed by atoms with Gasteiger partial charge in [0.25, 0.3) is 0 Å². The number of aryl methyl sites for hydroxylation is 1. The Labute approximate surface area is 160 Å². The van der Waals surface area contributed by atoms with Crippen molar-refractivity contribution in [2.24, 2.45) is 0 Å². The molecule has 0 bridgehead atoms. The van der Waals surface area contributed by atoms with Gasteiger partial charge in [0.05, 0.1) is 28.8 Å². The summed E-state index contributed by atoms with van der Waals surface area (Å²) in [5, 5.41) is 2.91. The number of nitrogens with zero attached hydrogens (tertiary/aromatic N) is 2. The molecule has 1 unspecified atom stereocenters. The maximum absolute atomic E-state index is 13.8. The molecular weight excluding hydrogens is 359 g/mol. The fraction of sp³-hybridized carbons (Fsp3) is 0.190. The zero-order valence-electron chi connectivity index (χ0n) is 15.3. The van der Waals surface area contributed by atoms with Gasteiger partial charge in [-0.1, -0.05) is 24.3 Å². The molecule has 142 valence electrons. The Hall–Kier alpha value is -3.48. The van der Waals surface area contributed by atoms with Gasteiger partial charge in [-0.15, -0.1) is 0 Å². The highest BCUT2D eigenvalue weighted by molar-refractivity contribution is 5.77. The van der Waals surface area contributed by atoms with Crippen molar-refractivity contribution in [3.8, 4) is 11.3 Å². The van der Waals surface area contributed by atoms with E-state index >= 15 is 0 Å².